The van der Waals surface area contributed by atoms with E-state index in [-0.39, 0.29) is 11.9 Å². The number of anilines is 2. The first kappa shape index (κ1) is 35.3. The van der Waals surface area contributed by atoms with Gasteiger partial charge in [0, 0.05) is 79.3 Å². The van der Waals surface area contributed by atoms with Crippen LogP contribution in [0.5, 0.6) is 0 Å². The molecule has 0 radical (unpaired) electrons. The number of aromatic amines is 1. The maximum Gasteiger partial charge on any atom is 0.328 e. The van der Waals surface area contributed by atoms with Gasteiger partial charge in [0.25, 0.3) is 0 Å². The third-order valence-corrected chi connectivity index (χ3v) is 7.57. The second kappa shape index (κ2) is 17.4. The average Bonchev–Trinajstić information content (AvgIpc) is 3.65. The van der Waals surface area contributed by atoms with Crippen molar-refractivity contribution in [3.05, 3.63) is 95.8 Å². The van der Waals surface area contributed by atoms with E-state index in [0.717, 1.165) is 66.5 Å². The van der Waals surface area contributed by atoms with Gasteiger partial charge in [-0.1, -0.05) is 54.1 Å². The highest BCUT2D eigenvalue weighted by molar-refractivity contribution is 6.33. The number of carbonyl (C=O) groups is 2. The number of aliphatic carboxylic acids is 1. The lowest BCUT2D eigenvalue weighted by atomic mass is 10.1. The molecule has 0 spiro atoms. The van der Waals surface area contributed by atoms with Crippen LogP contribution in [0.25, 0.3) is 22.2 Å². The molecule has 1 atom stereocenters. The van der Waals surface area contributed by atoms with Crippen LogP contribution in [-0.2, 0) is 16.1 Å². The van der Waals surface area contributed by atoms with Crippen LogP contribution in [0.1, 0.15) is 12.0 Å². The number of likely N-dealkylation sites (N-methyl/N-ethyl adjacent to an activating group) is 2. The summed E-state index contributed by atoms with van der Waals surface area (Å²) < 4.78 is 0. The molecule has 5 rings (SSSR count). The number of benzene rings is 2. The Morgan fingerprint density at radius 3 is 2.45 bits per heavy atom. The number of nitrogens with one attached hydrogen (secondary N) is 3. The predicted molar refractivity (Wildman–Crippen MR) is 190 cm³/mol. The van der Waals surface area contributed by atoms with Crippen LogP contribution in [-0.4, -0.2) is 107 Å². The van der Waals surface area contributed by atoms with Crippen molar-refractivity contribution in [1.82, 2.24) is 29.7 Å². The zero-order valence-corrected chi connectivity index (χ0v) is 28.0. The number of halogens is 1. The molecule has 4 aromatic rings. The molecule has 0 aliphatic carbocycles. The number of aromatic nitrogens is 3. The molecule has 0 saturated carbocycles. The molecule has 0 unspecified atom stereocenters. The van der Waals surface area contributed by atoms with E-state index in [1.807, 2.05) is 80.6 Å². The van der Waals surface area contributed by atoms with Crippen LogP contribution in [0.2, 0.25) is 5.02 Å². The Kier molecular flexibility index (Phi) is 13.1. The third-order valence-electron chi connectivity index (χ3n) is 7.29. The van der Waals surface area contributed by atoms with Crippen LogP contribution >= 0.6 is 11.6 Å². The van der Waals surface area contributed by atoms with E-state index in [9.17, 15) is 9.59 Å². The Balaban J connectivity index is 0.000000488. The van der Waals surface area contributed by atoms with Gasteiger partial charge in [0.1, 0.15) is 0 Å². The summed E-state index contributed by atoms with van der Waals surface area (Å²) in [5.74, 6) is -0.427. The second-order valence-corrected chi connectivity index (χ2v) is 12.3. The van der Waals surface area contributed by atoms with Crippen molar-refractivity contribution in [3.63, 3.8) is 0 Å². The molecular weight excluding hydrogens is 616 g/mol. The molecule has 3 heterocycles. The molecule has 1 aliphatic rings. The maximum absolute atomic E-state index is 12.1. The lowest BCUT2D eigenvalue weighted by molar-refractivity contribution is -0.131. The van der Waals surface area contributed by atoms with Crippen LogP contribution < -0.4 is 10.6 Å². The summed E-state index contributed by atoms with van der Waals surface area (Å²) in [4.78, 5) is 40.7. The number of H-pyrrole nitrogens is 1. The number of para-hydroxylation sites is 1. The Morgan fingerprint density at radius 1 is 1.04 bits per heavy atom. The smallest absolute Gasteiger partial charge is 0.328 e. The molecule has 1 fully saturated rings. The Hall–Kier alpha value is -4.55. The van der Waals surface area contributed by atoms with Gasteiger partial charge in [0.2, 0.25) is 11.9 Å². The van der Waals surface area contributed by atoms with Gasteiger partial charge < -0.3 is 30.5 Å². The van der Waals surface area contributed by atoms with Gasteiger partial charge in [-0.2, -0.15) is 0 Å². The Morgan fingerprint density at radius 2 is 1.74 bits per heavy atom. The fourth-order valence-electron chi connectivity index (χ4n) is 5.04. The lowest BCUT2D eigenvalue weighted by Crippen LogP contribution is -2.26. The summed E-state index contributed by atoms with van der Waals surface area (Å²) in [7, 11) is 7.69. The van der Waals surface area contributed by atoms with Crippen molar-refractivity contribution in [1.29, 1.82) is 0 Å². The summed E-state index contributed by atoms with van der Waals surface area (Å²) in [6.07, 6.45) is 10.8. The Bertz CT molecular complexity index is 1680. The van der Waals surface area contributed by atoms with Crippen molar-refractivity contribution in [2.75, 3.05) is 65.0 Å². The molecule has 2 aromatic carbocycles. The quantitative estimate of drug-likeness (QED) is 0.152. The number of fused-ring (bicyclic) bond motifs is 1. The fraction of sp³-hybridized carbons (Fsp3) is 0.314. The van der Waals surface area contributed by atoms with E-state index < -0.39 is 5.97 Å². The first-order valence-electron chi connectivity index (χ1n) is 15.4. The number of rotatable bonds is 12. The Labute approximate surface area is 281 Å². The molecule has 2 aromatic heterocycles. The number of likely N-dealkylation sites (tertiary alicyclic amines) is 1. The third kappa shape index (κ3) is 11.3. The molecule has 0 bridgehead atoms. The number of carboxylic acid groups (broad SMARTS) is 1. The van der Waals surface area contributed by atoms with Crippen molar-refractivity contribution >= 4 is 46.0 Å². The second-order valence-electron chi connectivity index (χ2n) is 11.9. The summed E-state index contributed by atoms with van der Waals surface area (Å²) in [6.45, 7) is 4.12. The van der Waals surface area contributed by atoms with Gasteiger partial charge in [-0.25, -0.2) is 14.8 Å². The maximum atomic E-state index is 12.1. The predicted octanol–water partition coefficient (Wildman–Crippen LogP) is 5.21. The van der Waals surface area contributed by atoms with Crippen LogP contribution in [0, 0.1) is 0 Å². The van der Waals surface area contributed by atoms with Gasteiger partial charge in [-0.05, 0) is 58.4 Å². The van der Waals surface area contributed by atoms with Gasteiger partial charge in [0.05, 0.1) is 16.9 Å². The van der Waals surface area contributed by atoms with E-state index in [2.05, 4.69) is 43.7 Å². The van der Waals surface area contributed by atoms with E-state index in [1.165, 1.54) is 5.56 Å². The summed E-state index contributed by atoms with van der Waals surface area (Å²) >= 11 is 6.49. The van der Waals surface area contributed by atoms with Crippen LogP contribution in [0.3, 0.4) is 0 Å². The normalized spacial score (nSPS) is 15.1. The summed E-state index contributed by atoms with van der Waals surface area (Å²) in [5, 5.41) is 16.1. The first-order chi connectivity index (χ1) is 22.6. The molecule has 4 N–H and O–H groups in total. The first-order valence-corrected chi connectivity index (χ1v) is 15.8. The number of carboxylic acids is 1. The minimum Gasteiger partial charge on any atom is -0.478 e. The molecule has 47 heavy (non-hydrogen) atoms. The molecule has 11 nitrogen and oxygen atoms in total. The molecular formula is C35H43ClN8O3. The van der Waals surface area contributed by atoms with E-state index in [0.29, 0.717) is 17.5 Å². The standard InChI is InChI=1S/C29H32ClN7O.C6H11NO2/c1-36(2)14-5-8-27(38)33-21-11-9-20(10-12-21)18-37-15-13-22(19-37)34-29-32-17-25(30)28(35-29)24-16-31-26-7-4-3-6-23(24)26;1-7(2)5-3-4-6(8)9/h3-12,16-17,22,31H,13-15,18-19H2,1-2H3,(H,33,38)(H,32,34,35);3-4H,5H2,1-2H3,(H,8,9)/b;4-3+/t22-;/m1./s1. The van der Waals surface area contributed by atoms with E-state index >= 15 is 0 Å². The highest BCUT2D eigenvalue weighted by atomic mass is 35.5. The molecule has 1 saturated heterocycles. The zero-order chi connectivity index (χ0) is 33.8. The number of hydrogen-bond acceptors (Lipinski definition) is 8. The highest BCUT2D eigenvalue weighted by Gasteiger charge is 2.23. The van der Waals surface area contributed by atoms with Crippen LogP contribution in [0.15, 0.2) is 85.2 Å². The topological polar surface area (TPSA) is 130 Å². The van der Waals surface area contributed by atoms with Gasteiger partial charge in [-0.15, -0.1) is 0 Å². The van der Waals surface area contributed by atoms with Crippen LogP contribution in [0.4, 0.5) is 11.6 Å². The van der Waals surface area contributed by atoms with Crippen molar-refractivity contribution in [3.8, 4) is 11.3 Å². The SMILES string of the molecule is CN(C)C/C=C/C(=O)O.CN(C)CC=CC(=O)Nc1ccc(CN2CC[C@@H](Nc3ncc(Cl)c(-c4c[nH]c5ccccc45)n3)C2)cc1. The number of carbonyl (C=O) groups excluding carboxylic acids is 1. The number of amides is 1. The zero-order valence-electron chi connectivity index (χ0n) is 27.3. The number of hydrogen-bond donors (Lipinski definition) is 4. The summed E-state index contributed by atoms with van der Waals surface area (Å²) in [6, 6.07) is 16.4. The monoisotopic (exact) mass is 658 g/mol. The minimum absolute atomic E-state index is 0.120. The molecule has 248 valence electrons. The molecule has 12 heteroatoms. The minimum atomic E-state index is -0.892. The highest BCUT2D eigenvalue weighted by Crippen LogP contribution is 2.32. The van der Waals surface area contributed by atoms with Crippen molar-refractivity contribution < 1.29 is 14.7 Å². The van der Waals surface area contributed by atoms with Gasteiger partial charge in [-0.3, -0.25) is 9.69 Å². The lowest BCUT2D eigenvalue weighted by Gasteiger charge is -2.17. The molecule has 1 amide bonds. The average molecular weight is 659 g/mol. The number of nitrogens with zero attached hydrogens (tertiary/aromatic N) is 5. The van der Waals surface area contributed by atoms with Crippen molar-refractivity contribution in [2.24, 2.45) is 0 Å². The van der Waals surface area contributed by atoms with E-state index in [1.54, 1.807) is 18.3 Å². The van der Waals surface area contributed by atoms with Gasteiger partial charge in [0.15, 0.2) is 0 Å². The summed E-state index contributed by atoms with van der Waals surface area (Å²) in [5.41, 5.74) is 4.73. The fourth-order valence-corrected chi connectivity index (χ4v) is 5.23. The van der Waals surface area contributed by atoms with Gasteiger partial charge >= 0.3 is 5.97 Å². The molecule has 1 aliphatic heterocycles. The van der Waals surface area contributed by atoms with Crippen molar-refractivity contribution in [2.45, 2.75) is 19.0 Å². The largest absolute Gasteiger partial charge is 0.478 e. The van der Waals surface area contributed by atoms with E-state index in [4.69, 9.17) is 21.7 Å².